The van der Waals surface area contributed by atoms with Crippen LogP contribution in [0.3, 0.4) is 0 Å². The van der Waals surface area contributed by atoms with Gasteiger partial charge in [-0.1, -0.05) is 18.2 Å². The Bertz CT molecular complexity index is 1080. The fourth-order valence-electron chi connectivity index (χ4n) is 3.32. The zero-order valence-corrected chi connectivity index (χ0v) is 18.0. The van der Waals surface area contributed by atoms with E-state index in [2.05, 4.69) is 16.3 Å². The third-order valence-corrected chi connectivity index (χ3v) is 4.84. The summed E-state index contributed by atoms with van der Waals surface area (Å²) in [4.78, 5) is 14.5. The van der Waals surface area contributed by atoms with Crippen LogP contribution in [0, 0.1) is 11.3 Å². The molecule has 3 rings (SSSR count). The van der Waals surface area contributed by atoms with Crippen molar-refractivity contribution >= 4 is 28.6 Å². The number of benzene rings is 2. The molecule has 0 unspecified atom stereocenters. The van der Waals surface area contributed by atoms with Crippen LogP contribution < -0.4 is 10.1 Å². The molecule has 0 aliphatic carbocycles. The monoisotopic (exact) mass is 416 g/mol. The van der Waals surface area contributed by atoms with Gasteiger partial charge >= 0.3 is 0 Å². The van der Waals surface area contributed by atoms with E-state index in [0.717, 1.165) is 35.2 Å². The molecule has 1 aromatic heterocycles. The summed E-state index contributed by atoms with van der Waals surface area (Å²) in [6.45, 7) is 2.27. The first-order valence-corrected chi connectivity index (χ1v) is 10.4. The molecular weight excluding hydrogens is 388 g/mol. The second-order valence-electron chi connectivity index (χ2n) is 7.56. The molecule has 0 atom stereocenters. The van der Waals surface area contributed by atoms with Crippen LogP contribution >= 0.6 is 0 Å². The van der Waals surface area contributed by atoms with E-state index in [1.165, 1.54) is 6.08 Å². The van der Waals surface area contributed by atoms with Crippen LogP contribution in [0.5, 0.6) is 5.75 Å². The van der Waals surface area contributed by atoms with Gasteiger partial charge in [0.05, 0.1) is 19.1 Å². The number of ether oxygens (including phenoxy) is 1. The molecular formula is C25H28N4O2. The molecule has 0 spiro atoms. The predicted molar refractivity (Wildman–Crippen MR) is 125 cm³/mol. The molecule has 0 bridgehead atoms. The molecule has 160 valence electrons. The standard InChI is InChI=1S/C25H28N4O2/c1-28(2)16-6-18-31-22-12-10-21(11-13-22)27-25(30)14-9-20-19-29(17-5-15-26)24-8-4-3-7-23(20)24/h3-4,7-14,19H,5-6,16-18H2,1-2H3,(H,27,30). The number of aryl methyl sites for hydroxylation is 1. The number of hydrogen-bond donors (Lipinski definition) is 1. The first-order chi connectivity index (χ1) is 15.1. The smallest absolute Gasteiger partial charge is 0.248 e. The molecule has 0 aliphatic heterocycles. The van der Waals surface area contributed by atoms with Crippen molar-refractivity contribution in [1.82, 2.24) is 9.47 Å². The number of para-hydroxylation sites is 1. The maximum atomic E-state index is 12.4. The molecule has 0 aliphatic rings. The molecule has 0 saturated carbocycles. The van der Waals surface area contributed by atoms with Gasteiger partial charge < -0.3 is 19.5 Å². The van der Waals surface area contributed by atoms with Gasteiger partial charge in [-0.25, -0.2) is 0 Å². The number of amides is 1. The third kappa shape index (κ3) is 6.46. The van der Waals surface area contributed by atoms with Crippen molar-refractivity contribution in [3.63, 3.8) is 0 Å². The lowest BCUT2D eigenvalue weighted by atomic mass is 10.1. The van der Waals surface area contributed by atoms with Crippen molar-refractivity contribution in [2.75, 3.05) is 32.6 Å². The van der Waals surface area contributed by atoms with Crippen molar-refractivity contribution in [1.29, 1.82) is 5.26 Å². The van der Waals surface area contributed by atoms with E-state index in [0.29, 0.717) is 25.3 Å². The van der Waals surface area contributed by atoms with E-state index < -0.39 is 0 Å². The Morgan fingerprint density at radius 2 is 1.97 bits per heavy atom. The second kappa shape index (κ2) is 11.0. The number of carbonyl (C=O) groups is 1. The van der Waals surface area contributed by atoms with Gasteiger partial charge in [0.2, 0.25) is 5.91 Å². The summed E-state index contributed by atoms with van der Waals surface area (Å²) in [6, 6.07) is 17.5. The van der Waals surface area contributed by atoms with E-state index in [1.54, 1.807) is 0 Å². The molecule has 6 nitrogen and oxygen atoms in total. The van der Waals surface area contributed by atoms with Gasteiger partial charge in [-0.05, 0) is 56.9 Å². The van der Waals surface area contributed by atoms with Crippen LogP contribution in [0.25, 0.3) is 17.0 Å². The van der Waals surface area contributed by atoms with Crippen LogP contribution in [0.15, 0.2) is 60.8 Å². The van der Waals surface area contributed by atoms with Crippen molar-refractivity contribution in [3.8, 4) is 11.8 Å². The number of nitriles is 1. The molecule has 1 N–H and O–H groups in total. The Hall–Kier alpha value is -3.56. The Labute approximate surface area is 183 Å². The minimum atomic E-state index is -0.200. The van der Waals surface area contributed by atoms with Crippen LogP contribution in [0.4, 0.5) is 5.69 Å². The first-order valence-electron chi connectivity index (χ1n) is 10.4. The minimum absolute atomic E-state index is 0.200. The number of fused-ring (bicyclic) bond motifs is 1. The number of nitrogens with one attached hydrogen (secondary N) is 1. The number of hydrogen-bond acceptors (Lipinski definition) is 4. The van der Waals surface area contributed by atoms with Gasteiger partial charge in [0.1, 0.15) is 5.75 Å². The summed E-state index contributed by atoms with van der Waals surface area (Å²) in [5, 5.41) is 12.8. The highest BCUT2D eigenvalue weighted by Crippen LogP contribution is 2.23. The molecule has 3 aromatic rings. The van der Waals surface area contributed by atoms with Crippen LogP contribution in [0.2, 0.25) is 0 Å². The van der Waals surface area contributed by atoms with E-state index in [-0.39, 0.29) is 5.91 Å². The van der Waals surface area contributed by atoms with E-state index in [1.807, 2.05) is 79.5 Å². The zero-order valence-electron chi connectivity index (χ0n) is 18.0. The lowest BCUT2D eigenvalue weighted by molar-refractivity contribution is -0.111. The minimum Gasteiger partial charge on any atom is -0.494 e. The Morgan fingerprint density at radius 1 is 1.19 bits per heavy atom. The topological polar surface area (TPSA) is 70.3 Å². The first kappa shape index (κ1) is 22.1. The normalized spacial score (nSPS) is 11.2. The van der Waals surface area contributed by atoms with Gasteiger partial charge in [0.15, 0.2) is 0 Å². The van der Waals surface area contributed by atoms with Gasteiger partial charge in [-0.15, -0.1) is 0 Å². The lowest BCUT2D eigenvalue weighted by Crippen LogP contribution is -2.15. The van der Waals surface area contributed by atoms with E-state index in [9.17, 15) is 4.79 Å². The van der Waals surface area contributed by atoms with Crippen LogP contribution in [0.1, 0.15) is 18.4 Å². The Morgan fingerprint density at radius 3 is 2.71 bits per heavy atom. The zero-order chi connectivity index (χ0) is 22.1. The van der Waals surface area contributed by atoms with E-state index >= 15 is 0 Å². The molecule has 6 heteroatoms. The Balaban J connectivity index is 1.59. The predicted octanol–water partition coefficient (Wildman–Crippen LogP) is 4.54. The molecule has 31 heavy (non-hydrogen) atoms. The highest BCUT2D eigenvalue weighted by Gasteiger charge is 2.06. The summed E-state index contributed by atoms with van der Waals surface area (Å²) in [5.41, 5.74) is 2.72. The number of rotatable bonds is 10. The largest absolute Gasteiger partial charge is 0.494 e. The average molecular weight is 417 g/mol. The van der Waals surface area contributed by atoms with Crippen molar-refractivity contribution in [3.05, 3.63) is 66.4 Å². The summed E-state index contributed by atoms with van der Waals surface area (Å²) < 4.78 is 7.77. The highest BCUT2D eigenvalue weighted by atomic mass is 16.5. The molecule has 0 saturated heterocycles. The van der Waals surface area contributed by atoms with Crippen molar-refractivity contribution in [2.45, 2.75) is 19.4 Å². The highest BCUT2D eigenvalue weighted by molar-refractivity contribution is 6.03. The van der Waals surface area contributed by atoms with Gasteiger partial charge in [0.25, 0.3) is 0 Å². The fraction of sp³-hybridized carbons (Fsp3) is 0.280. The van der Waals surface area contributed by atoms with Crippen molar-refractivity contribution in [2.24, 2.45) is 0 Å². The number of nitrogens with zero attached hydrogens (tertiary/aromatic N) is 3. The number of aromatic nitrogens is 1. The molecule has 2 aromatic carbocycles. The molecule has 1 heterocycles. The Kier molecular flexibility index (Phi) is 7.85. The van der Waals surface area contributed by atoms with Gasteiger partial charge in [-0.2, -0.15) is 5.26 Å². The number of anilines is 1. The number of carbonyl (C=O) groups excluding carboxylic acids is 1. The maximum Gasteiger partial charge on any atom is 0.248 e. The van der Waals surface area contributed by atoms with Crippen LogP contribution in [-0.2, 0) is 11.3 Å². The van der Waals surface area contributed by atoms with E-state index in [4.69, 9.17) is 10.00 Å². The van der Waals surface area contributed by atoms with Crippen LogP contribution in [-0.4, -0.2) is 42.6 Å². The molecule has 0 fully saturated rings. The quantitative estimate of drug-likeness (QED) is 0.389. The second-order valence-corrected chi connectivity index (χ2v) is 7.56. The molecule has 0 radical (unpaired) electrons. The average Bonchev–Trinajstić information content (AvgIpc) is 3.12. The van der Waals surface area contributed by atoms with Crippen molar-refractivity contribution < 1.29 is 9.53 Å². The maximum absolute atomic E-state index is 12.4. The third-order valence-electron chi connectivity index (χ3n) is 4.84. The fourth-order valence-corrected chi connectivity index (χ4v) is 3.32. The SMILES string of the molecule is CN(C)CCCOc1ccc(NC(=O)C=Cc2cn(CCC#N)c3ccccc23)cc1. The summed E-state index contributed by atoms with van der Waals surface area (Å²) in [5.74, 6) is 0.589. The van der Waals surface area contributed by atoms with Gasteiger partial charge in [0, 0.05) is 47.5 Å². The lowest BCUT2D eigenvalue weighted by Gasteiger charge is -2.10. The summed E-state index contributed by atoms with van der Waals surface area (Å²) >= 11 is 0. The summed E-state index contributed by atoms with van der Waals surface area (Å²) in [7, 11) is 4.08. The summed E-state index contributed by atoms with van der Waals surface area (Å²) in [6.07, 6.45) is 6.72. The van der Waals surface area contributed by atoms with Gasteiger partial charge in [-0.3, -0.25) is 4.79 Å². The molecule has 1 amide bonds.